The number of hydrogen-bond acceptors (Lipinski definition) is 7. The highest BCUT2D eigenvalue weighted by atomic mass is 32.2. The normalized spacial score (nSPS) is 15.6. The van der Waals surface area contributed by atoms with Crippen molar-refractivity contribution in [3.05, 3.63) is 65.5 Å². The van der Waals surface area contributed by atoms with E-state index in [1.54, 1.807) is 47.4 Å². The number of thioether (sulfide) groups is 1. The van der Waals surface area contributed by atoms with Crippen LogP contribution in [0.15, 0.2) is 48.8 Å². The lowest BCUT2D eigenvalue weighted by molar-refractivity contribution is -0.119. The van der Waals surface area contributed by atoms with Crippen LogP contribution in [0.5, 0.6) is 0 Å². The standard InChI is InChI=1S/C20H17N7O2S/c1-13-8-15(4-7-17(13)27-11-22-24-25-27)20(29)26-12-30-10-18(26)19(28)23-16-5-2-14(9-21)3-6-16/h2-8,11,18H,10,12H2,1H3,(H,23,28). The van der Waals surface area contributed by atoms with Gasteiger partial charge in [0.05, 0.1) is 23.2 Å². The predicted octanol–water partition coefficient (Wildman–Crippen LogP) is 2.00. The zero-order chi connectivity index (χ0) is 21.1. The van der Waals surface area contributed by atoms with Crippen LogP contribution in [0.3, 0.4) is 0 Å². The van der Waals surface area contributed by atoms with E-state index < -0.39 is 6.04 Å². The first-order valence-electron chi connectivity index (χ1n) is 9.10. The van der Waals surface area contributed by atoms with Crippen molar-refractivity contribution in [2.75, 3.05) is 16.9 Å². The molecule has 1 fully saturated rings. The number of carbonyl (C=O) groups excluding carboxylic acids is 2. The van der Waals surface area contributed by atoms with Gasteiger partial charge in [-0.1, -0.05) is 0 Å². The third kappa shape index (κ3) is 3.88. The minimum atomic E-state index is -0.572. The van der Waals surface area contributed by atoms with Gasteiger partial charge in [-0.3, -0.25) is 9.59 Å². The first-order chi connectivity index (χ1) is 14.6. The minimum Gasteiger partial charge on any atom is -0.324 e. The Balaban J connectivity index is 1.50. The molecule has 0 bridgehead atoms. The molecule has 9 nitrogen and oxygen atoms in total. The number of carbonyl (C=O) groups is 2. The fourth-order valence-electron chi connectivity index (χ4n) is 3.20. The molecule has 1 aliphatic heterocycles. The number of nitrogens with one attached hydrogen (secondary N) is 1. The van der Waals surface area contributed by atoms with Gasteiger partial charge in [-0.25, -0.2) is 4.68 Å². The minimum absolute atomic E-state index is 0.202. The molecule has 1 unspecified atom stereocenters. The molecule has 4 rings (SSSR count). The van der Waals surface area contributed by atoms with Crippen molar-refractivity contribution in [2.24, 2.45) is 0 Å². The van der Waals surface area contributed by atoms with Gasteiger partial charge in [-0.2, -0.15) is 5.26 Å². The zero-order valence-electron chi connectivity index (χ0n) is 16.0. The molecule has 1 aromatic heterocycles. The first kappa shape index (κ1) is 19.6. The average molecular weight is 419 g/mol. The number of benzene rings is 2. The molecular weight excluding hydrogens is 402 g/mol. The number of hydrogen-bond donors (Lipinski definition) is 1. The van der Waals surface area contributed by atoms with Crippen molar-refractivity contribution >= 4 is 29.3 Å². The van der Waals surface area contributed by atoms with Crippen molar-refractivity contribution in [1.29, 1.82) is 5.26 Å². The summed E-state index contributed by atoms with van der Waals surface area (Å²) < 4.78 is 1.53. The molecule has 1 saturated heterocycles. The Morgan fingerprint density at radius 3 is 2.70 bits per heavy atom. The van der Waals surface area contributed by atoms with E-state index >= 15 is 0 Å². The molecular formula is C20H17N7O2S. The van der Waals surface area contributed by atoms with Gasteiger partial charge in [0.2, 0.25) is 5.91 Å². The Labute approximate surface area is 176 Å². The Morgan fingerprint density at radius 2 is 2.03 bits per heavy atom. The van der Waals surface area contributed by atoms with Crippen molar-refractivity contribution in [3.8, 4) is 11.8 Å². The lowest BCUT2D eigenvalue weighted by atomic mass is 10.1. The van der Waals surface area contributed by atoms with Crippen LogP contribution in [0.1, 0.15) is 21.5 Å². The van der Waals surface area contributed by atoms with Crippen LogP contribution in [0.2, 0.25) is 0 Å². The molecule has 2 amide bonds. The van der Waals surface area contributed by atoms with Gasteiger partial charge in [0.25, 0.3) is 5.91 Å². The molecule has 1 atom stereocenters. The Kier molecular flexibility index (Phi) is 5.45. The third-order valence-corrected chi connectivity index (χ3v) is 5.78. The van der Waals surface area contributed by atoms with Crippen LogP contribution in [0.4, 0.5) is 5.69 Å². The van der Waals surface area contributed by atoms with E-state index in [1.807, 2.05) is 13.0 Å². The maximum atomic E-state index is 13.1. The summed E-state index contributed by atoms with van der Waals surface area (Å²) in [5.41, 5.74) is 3.23. The highest BCUT2D eigenvalue weighted by Gasteiger charge is 2.35. The molecule has 10 heteroatoms. The molecule has 2 aromatic carbocycles. The second-order valence-electron chi connectivity index (χ2n) is 6.72. The van der Waals surface area contributed by atoms with Crippen LogP contribution in [0.25, 0.3) is 5.69 Å². The van der Waals surface area contributed by atoms with Crippen molar-refractivity contribution in [1.82, 2.24) is 25.1 Å². The summed E-state index contributed by atoms with van der Waals surface area (Å²) in [5.74, 6) is 0.514. The van der Waals surface area contributed by atoms with Crippen LogP contribution in [0, 0.1) is 18.3 Å². The van der Waals surface area contributed by atoms with Crippen LogP contribution < -0.4 is 5.32 Å². The van der Waals surface area contributed by atoms with Gasteiger partial charge < -0.3 is 10.2 Å². The summed E-state index contributed by atoms with van der Waals surface area (Å²) in [6, 6.07) is 13.4. The fraction of sp³-hybridized carbons (Fsp3) is 0.200. The maximum absolute atomic E-state index is 13.1. The summed E-state index contributed by atoms with van der Waals surface area (Å²) in [5, 5.41) is 22.8. The maximum Gasteiger partial charge on any atom is 0.255 e. The van der Waals surface area contributed by atoms with Crippen molar-refractivity contribution in [2.45, 2.75) is 13.0 Å². The first-order valence-corrected chi connectivity index (χ1v) is 10.3. The number of aryl methyl sites for hydroxylation is 1. The molecule has 1 aliphatic rings. The summed E-state index contributed by atoms with van der Waals surface area (Å²) in [6.07, 6.45) is 1.49. The summed E-state index contributed by atoms with van der Waals surface area (Å²) in [4.78, 5) is 27.5. The van der Waals surface area contributed by atoms with Crippen molar-refractivity contribution < 1.29 is 9.59 Å². The predicted molar refractivity (Wildman–Crippen MR) is 111 cm³/mol. The number of nitrogens with zero attached hydrogens (tertiary/aromatic N) is 6. The molecule has 30 heavy (non-hydrogen) atoms. The van der Waals surface area contributed by atoms with Crippen molar-refractivity contribution in [3.63, 3.8) is 0 Å². The van der Waals surface area contributed by atoms with E-state index in [4.69, 9.17) is 5.26 Å². The Morgan fingerprint density at radius 1 is 1.23 bits per heavy atom. The number of nitriles is 1. The van der Waals surface area contributed by atoms with E-state index in [-0.39, 0.29) is 11.8 Å². The highest BCUT2D eigenvalue weighted by molar-refractivity contribution is 7.99. The van der Waals surface area contributed by atoms with Crippen LogP contribution >= 0.6 is 11.8 Å². The lowest BCUT2D eigenvalue weighted by Gasteiger charge is -2.23. The molecule has 3 aromatic rings. The Hall–Kier alpha value is -3.71. The number of amides is 2. The molecule has 0 aliphatic carbocycles. The Bertz CT molecular complexity index is 1120. The second-order valence-corrected chi connectivity index (χ2v) is 7.72. The second kappa shape index (κ2) is 8.34. The average Bonchev–Trinajstić information content (AvgIpc) is 3.46. The number of rotatable bonds is 4. The fourth-order valence-corrected chi connectivity index (χ4v) is 4.35. The summed E-state index contributed by atoms with van der Waals surface area (Å²) >= 11 is 1.53. The van der Waals surface area contributed by atoms with E-state index in [9.17, 15) is 9.59 Å². The number of anilines is 1. The van der Waals surface area contributed by atoms with E-state index in [1.165, 1.54) is 22.8 Å². The van der Waals surface area contributed by atoms with Gasteiger partial charge in [0.15, 0.2) is 0 Å². The third-order valence-electron chi connectivity index (χ3n) is 4.77. The lowest BCUT2D eigenvalue weighted by Crippen LogP contribution is -2.44. The quantitative estimate of drug-likeness (QED) is 0.687. The van der Waals surface area contributed by atoms with Gasteiger partial charge in [-0.05, 0) is 65.4 Å². The molecule has 2 heterocycles. The zero-order valence-corrected chi connectivity index (χ0v) is 16.8. The van der Waals surface area contributed by atoms with E-state index in [0.29, 0.717) is 28.4 Å². The van der Waals surface area contributed by atoms with Gasteiger partial charge in [0, 0.05) is 17.0 Å². The van der Waals surface area contributed by atoms with Gasteiger partial charge >= 0.3 is 0 Å². The topological polar surface area (TPSA) is 117 Å². The summed E-state index contributed by atoms with van der Waals surface area (Å²) in [6.45, 7) is 1.88. The monoisotopic (exact) mass is 419 g/mol. The van der Waals surface area contributed by atoms with Gasteiger partial charge in [0.1, 0.15) is 12.4 Å². The van der Waals surface area contributed by atoms with Crippen LogP contribution in [-0.2, 0) is 4.79 Å². The molecule has 0 radical (unpaired) electrons. The van der Waals surface area contributed by atoms with Gasteiger partial charge in [-0.15, -0.1) is 16.9 Å². The molecule has 1 N–H and O–H groups in total. The smallest absolute Gasteiger partial charge is 0.255 e. The number of aromatic nitrogens is 4. The molecule has 0 spiro atoms. The molecule has 0 saturated carbocycles. The van der Waals surface area contributed by atoms with E-state index in [2.05, 4.69) is 20.8 Å². The highest BCUT2D eigenvalue weighted by Crippen LogP contribution is 2.25. The van der Waals surface area contributed by atoms with E-state index in [0.717, 1.165) is 11.3 Å². The van der Waals surface area contributed by atoms with Crippen LogP contribution in [-0.4, -0.2) is 54.6 Å². The molecule has 150 valence electrons. The number of tetrazole rings is 1. The summed E-state index contributed by atoms with van der Waals surface area (Å²) in [7, 11) is 0. The largest absolute Gasteiger partial charge is 0.324 e. The SMILES string of the molecule is Cc1cc(C(=O)N2CSCC2C(=O)Nc2ccc(C#N)cc2)ccc1-n1cnnn1.